The number of amides is 1. The predicted octanol–water partition coefficient (Wildman–Crippen LogP) is 3.52. The quantitative estimate of drug-likeness (QED) is 0.893. The lowest BCUT2D eigenvalue weighted by Gasteiger charge is -2.47. The topological polar surface area (TPSA) is 32.3 Å². The summed E-state index contributed by atoms with van der Waals surface area (Å²) in [5.74, 6) is 0.915. The molecule has 1 aliphatic heterocycles. The Morgan fingerprint density at radius 1 is 1.24 bits per heavy atom. The van der Waals surface area contributed by atoms with Crippen LogP contribution >= 0.6 is 0 Å². The van der Waals surface area contributed by atoms with E-state index in [1.165, 1.54) is 38.8 Å². The second-order valence-electron chi connectivity index (χ2n) is 9.00. The standard InChI is InChI=1S/C22H32N2O/c1-16-15-24(18-9-10-21(2,14-18)20(25)23-3)13-12-22(16)11-8-17-6-4-5-7-19(17)22/h4-7,16,18H,8-15H2,1-3H3,(H,23,25). The number of benzene rings is 1. The Kier molecular flexibility index (Phi) is 4.18. The molecule has 4 unspecified atom stereocenters. The van der Waals surface area contributed by atoms with Gasteiger partial charge in [-0.3, -0.25) is 4.79 Å². The first kappa shape index (κ1) is 17.1. The van der Waals surface area contributed by atoms with Crippen LogP contribution in [0.3, 0.4) is 0 Å². The van der Waals surface area contributed by atoms with Crippen molar-refractivity contribution in [1.29, 1.82) is 0 Å². The van der Waals surface area contributed by atoms with E-state index in [4.69, 9.17) is 0 Å². The van der Waals surface area contributed by atoms with Gasteiger partial charge in [0.05, 0.1) is 0 Å². The zero-order valence-electron chi connectivity index (χ0n) is 16.0. The molecule has 0 radical (unpaired) electrons. The smallest absolute Gasteiger partial charge is 0.225 e. The van der Waals surface area contributed by atoms with Gasteiger partial charge in [-0.1, -0.05) is 38.1 Å². The average Bonchev–Trinajstić information content (AvgIpc) is 3.20. The van der Waals surface area contributed by atoms with Gasteiger partial charge in [0.1, 0.15) is 0 Å². The second-order valence-corrected chi connectivity index (χ2v) is 9.00. The predicted molar refractivity (Wildman–Crippen MR) is 102 cm³/mol. The molecule has 4 atom stereocenters. The van der Waals surface area contributed by atoms with Crippen LogP contribution in [-0.4, -0.2) is 37.0 Å². The van der Waals surface area contributed by atoms with Gasteiger partial charge in [0.2, 0.25) is 5.91 Å². The van der Waals surface area contributed by atoms with Crippen LogP contribution in [-0.2, 0) is 16.6 Å². The van der Waals surface area contributed by atoms with Gasteiger partial charge in [-0.15, -0.1) is 0 Å². The van der Waals surface area contributed by atoms with Crippen molar-refractivity contribution in [3.8, 4) is 0 Å². The second kappa shape index (κ2) is 6.12. The van der Waals surface area contributed by atoms with Crippen LogP contribution in [0.5, 0.6) is 0 Å². The SMILES string of the molecule is CNC(=O)C1(C)CCC(N2CCC3(CCc4ccccc43)C(C)C2)C1. The molecule has 1 spiro atoms. The number of likely N-dealkylation sites (tertiary alicyclic amines) is 1. The largest absolute Gasteiger partial charge is 0.359 e. The molecule has 3 heteroatoms. The van der Waals surface area contributed by atoms with E-state index >= 15 is 0 Å². The molecule has 1 saturated heterocycles. The van der Waals surface area contributed by atoms with E-state index < -0.39 is 0 Å². The van der Waals surface area contributed by atoms with Crippen LogP contribution in [0.15, 0.2) is 24.3 Å². The highest BCUT2D eigenvalue weighted by Crippen LogP contribution is 2.50. The molecule has 4 rings (SSSR count). The lowest BCUT2D eigenvalue weighted by molar-refractivity contribution is -0.129. The third-order valence-corrected chi connectivity index (χ3v) is 7.70. The molecule has 2 fully saturated rings. The normalized spacial score (nSPS) is 38.0. The summed E-state index contributed by atoms with van der Waals surface area (Å²) >= 11 is 0. The first-order valence-corrected chi connectivity index (χ1v) is 10.0. The third kappa shape index (κ3) is 2.63. The average molecular weight is 341 g/mol. The van der Waals surface area contributed by atoms with Gasteiger partial charge in [-0.25, -0.2) is 0 Å². The number of aryl methyl sites for hydroxylation is 1. The van der Waals surface area contributed by atoms with E-state index in [1.54, 1.807) is 18.2 Å². The molecule has 3 nitrogen and oxygen atoms in total. The number of carbonyl (C=O) groups is 1. The molecule has 1 amide bonds. The van der Waals surface area contributed by atoms with Crippen LogP contribution in [0.25, 0.3) is 0 Å². The Labute approximate surface area is 152 Å². The molecule has 3 aliphatic rings. The van der Waals surface area contributed by atoms with Crippen molar-refractivity contribution in [3.05, 3.63) is 35.4 Å². The van der Waals surface area contributed by atoms with Gasteiger partial charge in [-0.2, -0.15) is 0 Å². The maximum absolute atomic E-state index is 12.2. The first-order valence-electron chi connectivity index (χ1n) is 10.0. The Morgan fingerprint density at radius 3 is 2.80 bits per heavy atom. The summed E-state index contributed by atoms with van der Waals surface area (Å²) in [4.78, 5) is 14.9. The Morgan fingerprint density at radius 2 is 2.04 bits per heavy atom. The van der Waals surface area contributed by atoms with E-state index in [0.29, 0.717) is 17.4 Å². The number of piperidine rings is 1. The minimum absolute atomic E-state index is 0.169. The monoisotopic (exact) mass is 340 g/mol. The summed E-state index contributed by atoms with van der Waals surface area (Å²) in [6.45, 7) is 6.98. The van der Waals surface area contributed by atoms with Crippen LogP contribution in [0, 0.1) is 11.3 Å². The van der Waals surface area contributed by atoms with Crippen molar-refractivity contribution < 1.29 is 4.79 Å². The Balaban J connectivity index is 1.48. The minimum Gasteiger partial charge on any atom is -0.359 e. The summed E-state index contributed by atoms with van der Waals surface area (Å²) < 4.78 is 0. The lowest BCUT2D eigenvalue weighted by Crippen LogP contribution is -2.51. The summed E-state index contributed by atoms with van der Waals surface area (Å²) in [6, 6.07) is 9.70. The molecule has 1 heterocycles. The van der Waals surface area contributed by atoms with Crippen LogP contribution in [0.4, 0.5) is 0 Å². The summed E-state index contributed by atoms with van der Waals surface area (Å²) in [7, 11) is 1.77. The Hall–Kier alpha value is -1.35. The van der Waals surface area contributed by atoms with E-state index in [1.807, 2.05) is 0 Å². The lowest BCUT2D eigenvalue weighted by atomic mass is 9.67. The molecular weight excluding hydrogens is 308 g/mol. The number of carbonyl (C=O) groups excluding carboxylic acids is 1. The van der Waals surface area contributed by atoms with Gasteiger partial charge >= 0.3 is 0 Å². The van der Waals surface area contributed by atoms with Crippen molar-refractivity contribution >= 4 is 5.91 Å². The fourth-order valence-electron chi connectivity index (χ4n) is 6.06. The van der Waals surface area contributed by atoms with E-state index in [2.05, 4.69) is 48.3 Å². The first-order chi connectivity index (χ1) is 12.0. The van der Waals surface area contributed by atoms with Gasteiger partial charge in [0.25, 0.3) is 0 Å². The van der Waals surface area contributed by atoms with Gasteiger partial charge in [0.15, 0.2) is 0 Å². The summed E-state index contributed by atoms with van der Waals surface area (Å²) in [6.07, 6.45) is 7.05. The fraction of sp³-hybridized carbons (Fsp3) is 0.682. The third-order valence-electron chi connectivity index (χ3n) is 7.70. The molecule has 25 heavy (non-hydrogen) atoms. The van der Waals surface area contributed by atoms with Crippen molar-refractivity contribution in [2.45, 2.75) is 63.8 Å². The number of hydrogen-bond donors (Lipinski definition) is 1. The molecular formula is C22H32N2O. The zero-order valence-corrected chi connectivity index (χ0v) is 16.0. The number of nitrogens with one attached hydrogen (secondary N) is 1. The van der Waals surface area contributed by atoms with Gasteiger partial charge in [-0.05, 0) is 62.1 Å². The highest BCUT2D eigenvalue weighted by molar-refractivity contribution is 5.82. The molecule has 2 aliphatic carbocycles. The van der Waals surface area contributed by atoms with Gasteiger partial charge < -0.3 is 10.2 Å². The number of rotatable bonds is 2. The zero-order chi connectivity index (χ0) is 17.7. The van der Waals surface area contributed by atoms with E-state index in [0.717, 1.165) is 12.8 Å². The number of nitrogens with zero attached hydrogens (tertiary/aromatic N) is 1. The van der Waals surface area contributed by atoms with E-state index in [-0.39, 0.29) is 11.3 Å². The molecule has 1 saturated carbocycles. The minimum atomic E-state index is -0.169. The number of fused-ring (bicyclic) bond motifs is 2. The maximum atomic E-state index is 12.2. The number of hydrogen-bond acceptors (Lipinski definition) is 2. The summed E-state index contributed by atoms with van der Waals surface area (Å²) in [5.41, 5.74) is 3.44. The van der Waals surface area contributed by atoms with Crippen molar-refractivity contribution in [2.24, 2.45) is 11.3 Å². The van der Waals surface area contributed by atoms with Crippen molar-refractivity contribution in [2.75, 3.05) is 20.1 Å². The van der Waals surface area contributed by atoms with Crippen LogP contribution < -0.4 is 5.32 Å². The Bertz CT molecular complexity index is 672. The van der Waals surface area contributed by atoms with Crippen molar-refractivity contribution in [1.82, 2.24) is 10.2 Å². The van der Waals surface area contributed by atoms with Crippen molar-refractivity contribution in [3.63, 3.8) is 0 Å². The summed E-state index contributed by atoms with van der Waals surface area (Å²) in [5, 5.41) is 2.87. The van der Waals surface area contributed by atoms with Crippen LogP contribution in [0.1, 0.15) is 57.1 Å². The highest BCUT2D eigenvalue weighted by atomic mass is 16.2. The molecule has 1 aromatic rings. The highest BCUT2D eigenvalue weighted by Gasteiger charge is 2.49. The molecule has 1 aromatic carbocycles. The molecule has 0 aromatic heterocycles. The fourth-order valence-corrected chi connectivity index (χ4v) is 6.06. The van der Waals surface area contributed by atoms with Crippen LogP contribution in [0.2, 0.25) is 0 Å². The maximum Gasteiger partial charge on any atom is 0.225 e. The molecule has 136 valence electrons. The van der Waals surface area contributed by atoms with E-state index in [9.17, 15) is 4.79 Å². The van der Waals surface area contributed by atoms with Gasteiger partial charge in [0, 0.05) is 30.5 Å². The molecule has 0 bridgehead atoms. The molecule has 1 N–H and O–H groups in total.